The van der Waals surface area contributed by atoms with Crippen molar-refractivity contribution in [3.05, 3.63) is 56.1 Å². The van der Waals surface area contributed by atoms with Gasteiger partial charge in [0.25, 0.3) is 0 Å². The number of rotatable bonds is 3. The fraction of sp³-hybridized carbons (Fsp3) is 0.143. The summed E-state index contributed by atoms with van der Waals surface area (Å²) in [6, 6.07) is 13.4. The lowest BCUT2D eigenvalue weighted by atomic mass is 10.1. The first-order chi connectivity index (χ1) is 8.56. The molecule has 1 atom stereocenters. The van der Waals surface area contributed by atoms with E-state index in [4.69, 9.17) is 4.74 Å². The molecule has 0 aromatic heterocycles. The smallest absolute Gasteiger partial charge is 0.133 e. The summed E-state index contributed by atoms with van der Waals surface area (Å²) in [6.07, 6.45) is -0.568. The number of hydrogen-bond acceptors (Lipinski definition) is 2. The molecule has 0 saturated heterocycles. The van der Waals surface area contributed by atoms with Crippen molar-refractivity contribution in [1.29, 1.82) is 0 Å². The molecular formula is C14H12BrIO2. The molecule has 2 aromatic rings. The largest absolute Gasteiger partial charge is 0.457 e. The van der Waals surface area contributed by atoms with Gasteiger partial charge in [0.15, 0.2) is 0 Å². The second kappa shape index (κ2) is 6.04. The van der Waals surface area contributed by atoms with Gasteiger partial charge in [0.1, 0.15) is 11.5 Å². The van der Waals surface area contributed by atoms with E-state index < -0.39 is 6.10 Å². The van der Waals surface area contributed by atoms with Gasteiger partial charge in [0.05, 0.1) is 6.10 Å². The average Bonchev–Trinajstić information content (AvgIpc) is 2.34. The molecule has 0 radical (unpaired) electrons. The van der Waals surface area contributed by atoms with Crippen molar-refractivity contribution in [2.24, 2.45) is 0 Å². The predicted molar refractivity (Wildman–Crippen MR) is 84.0 cm³/mol. The van der Waals surface area contributed by atoms with Crippen molar-refractivity contribution >= 4 is 38.5 Å². The molecule has 0 heterocycles. The van der Waals surface area contributed by atoms with Gasteiger partial charge < -0.3 is 9.84 Å². The van der Waals surface area contributed by atoms with Crippen LogP contribution in [0.15, 0.2) is 46.9 Å². The monoisotopic (exact) mass is 418 g/mol. The Morgan fingerprint density at radius 1 is 1.17 bits per heavy atom. The minimum Gasteiger partial charge on any atom is -0.457 e. The second-order valence-corrected chi connectivity index (χ2v) is 6.08. The molecular weight excluding hydrogens is 407 g/mol. The van der Waals surface area contributed by atoms with Crippen LogP contribution in [0.5, 0.6) is 11.5 Å². The molecule has 1 N–H and O–H groups in total. The molecule has 0 saturated carbocycles. The summed E-state index contributed by atoms with van der Waals surface area (Å²) in [5, 5.41) is 9.75. The molecule has 2 nitrogen and oxygen atoms in total. The Kier molecular flexibility index (Phi) is 4.64. The molecule has 0 aliphatic rings. The summed E-state index contributed by atoms with van der Waals surface area (Å²) < 4.78 is 7.88. The molecule has 2 rings (SSSR count). The number of aliphatic hydroxyl groups is 1. The lowest BCUT2D eigenvalue weighted by Gasteiger charge is -2.13. The van der Waals surface area contributed by atoms with Crippen molar-refractivity contribution in [3.63, 3.8) is 0 Å². The van der Waals surface area contributed by atoms with Gasteiger partial charge in [-0.1, -0.05) is 15.9 Å². The van der Waals surface area contributed by atoms with E-state index in [2.05, 4.69) is 38.5 Å². The van der Waals surface area contributed by atoms with Crippen molar-refractivity contribution < 1.29 is 9.84 Å². The van der Waals surface area contributed by atoms with Crippen LogP contribution in [0.4, 0.5) is 0 Å². The Morgan fingerprint density at radius 2 is 1.83 bits per heavy atom. The van der Waals surface area contributed by atoms with Crippen LogP contribution in [0.3, 0.4) is 0 Å². The fourth-order valence-electron chi connectivity index (χ4n) is 1.57. The van der Waals surface area contributed by atoms with E-state index in [1.807, 2.05) is 42.5 Å². The number of halogens is 2. The molecule has 94 valence electrons. The highest BCUT2D eigenvalue weighted by atomic mass is 127. The van der Waals surface area contributed by atoms with Crippen LogP contribution in [0.2, 0.25) is 0 Å². The average molecular weight is 419 g/mol. The lowest BCUT2D eigenvalue weighted by Crippen LogP contribution is -1.96. The first-order valence-corrected chi connectivity index (χ1v) is 7.34. The fourth-order valence-corrected chi connectivity index (χ4v) is 2.31. The highest BCUT2D eigenvalue weighted by Gasteiger charge is 2.10. The van der Waals surface area contributed by atoms with Gasteiger partial charge in [-0.25, -0.2) is 0 Å². The topological polar surface area (TPSA) is 29.5 Å². The Hall–Kier alpha value is -0.590. The summed E-state index contributed by atoms with van der Waals surface area (Å²) in [5.74, 6) is 1.44. The second-order valence-electron chi connectivity index (χ2n) is 3.91. The van der Waals surface area contributed by atoms with E-state index in [0.717, 1.165) is 19.4 Å². The van der Waals surface area contributed by atoms with Crippen LogP contribution >= 0.6 is 38.5 Å². The van der Waals surface area contributed by atoms with Crippen LogP contribution in [-0.2, 0) is 0 Å². The maximum atomic E-state index is 9.75. The Morgan fingerprint density at radius 3 is 2.44 bits per heavy atom. The van der Waals surface area contributed by atoms with E-state index in [1.165, 1.54) is 0 Å². The standard InChI is InChI=1S/C14H12BrIO2/c1-9(17)13-8-10(15)2-7-14(13)18-12-5-3-11(16)4-6-12/h2-9,17H,1H3. The van der Waals surface area contributed by atoms with Crippen molar-refractivity contribution in [2.45, 2.75) is 13.0 Å². The number of ether oxygens (including phenoxy) is 1. The SMILES string of the molecule is CC(O)c1cc(Br)ccc1Oc1ccc(I)cc1. The minimum atomic E-state index is -0.568. The number of hydrogen-bond donors (Lipinski definition) is 1. The number of benzene rings is 2. The highest BCUT2D eigenvalue weighted by Crippen LogP contribution is 2.32. The Labute approximate surface area is 128 Å². The zero-order valence-corrected chi connectivity index (χ0v) is 13.5. The van der Waals surface area contributed by atoms with Gasteiger partial charge in [-0.15, -0.1) is 0 Å². The van der Waals surface area contributed by atoms with Crippen LogP contribution in [0.25, 0.3) is 0 Å². The maximum absolute atomic E-state index is 9.75. The third-order valence-corrected chi connectivity index (χ3v) is 3.68. The molecule has 0 bridgehead atoms. The van der Waals surface area contributed by atoms with Gasteiger partial charge in [-0.2, -0.15) is 0 Å². The van der Waals surface area contributed by atoms with E-state index in [1.54, 1.807) is 6.92 Å². The predicted octanol–water partition coefficient (Wildman–Crippen LogP) is 4.90. The lowest BCUT2D eigenvalue weighted by molar-refractivity contribution is 0.195. The zero-order chi connectivity index (χ0) is 13.1. The Bertz CT molecular complexity index is 538. The Balaban J connectivity index is 2.31. The molecule has 1 unspecified atom stereocenters. The normalized spacial score (nSPS) is 12.2. The molecule has 4 heteroatoms. The summed E-state index contributed by atoms with van der Waals surface area (Å²) in [6.45, 7) is 1.72. The van der Waals surface area contributed by atoms with Crippen molar-refractivity contribution in [2.75, 3.05) is 0 Å². The maximum Gasteiger partial charge on any atom is 0.133 e. The molecule has 0 aliphatic heterocycles. The third kappa shape index (κ3) is 3.46. The number of aliphatic hydroxyl groups excluding tert-OH is 1. The van der Waals surface area contributed by atoms with E-state index >= 15 is 0 Å². The summed E-state index contributed by atoms with van der Waals surface area (Å²) in [4.78, 5) is 0. The van der Waals surface area contributed by atoms with Gasteiger partial charge >= 0.3 is 0 Å². The molecule has 18 heavy (non-hydrogen) atoms. The van der Waals surface area contributed by atoms with Gasteiger partial charge in [-0.05, 0) is 72.0 Å². The van der Waals surface area contributed by atoms with E-state index in [9.17, 15) is 5.11 Å². The van der Waals surface area contributed by atoms with Crippen LogP contribution in [0.1, 0.15) is 18.6 Å². The molecule has 0 fully saturated rings. The molecule has 2 aromatic carbocycles. The quantitative estimate of drug-likeness (QED) is 0.718. The molecule has 0 amide bonds. The zero-order valence-electron chi connectivity index (χ0n) is 9.73. The van der Waals surface area contributed by atoms with Gasteiger partial charge in [-0.3, -0.25) is 0 Å². The van der Waals surface area contributed by atoms with E-state index in [0.29, 0.717) is 5.75 Å². The van der Waals surface area contributed by atoms with Crippen molar-refractivity contribution in [1.82, 2.24) is 0 Å². The van der Waals surface area contributed by atoms with Crippen molar-refractivity contribution in [3.8, 4) is 11.5 Å². The molecule has 0 spiro atoms. The first-order valence-electron chi connectivity index (χ1n) is 5.47. The van der Waals surface area contributed by atoms with E-state index in [-0.39, 0.29) is 0 Å². The minimum absolute atomic E-state index is 0.568. The van der Waals surface area contributed by atoms with Crippen LogP contribution in [-0.4, -0.2) is 5.11 Å². The third-order valence-electron chi connectivity index (χ3n) is 2.46. The summed E-state index contributed by atoms with van der Waals surface area (Å²) >= 11 is 5.64. The summed E-state index contributed by atoms with van der Waals surface area (Å²) in [7, 11) is 0. The van der Waals surface area contributed by atoms with Gasteiger partial charge in [0.2, 0.25) is 0 Å². The van der Waals surface area contributed by atoms with Gasteiger partial charge in [0, 0.05) is 13.6 Å². The summed E-state index contributed by atoms with van der Waals surface area (Å²) in [5.41, 5.74) is 0.767. The molecule has 0 aliphatic carbocycles. The first kappa shape index (κ1) is 13.8. The van der Waals surface area contributed by atoms with Crippen LogP contribution < -0.4 is 4.74 Å². The van der Waals surface area contributed by atoms with Crippen LogP contribution in [0, 0.1) is 3.57 Å². The highest BCUT2D eigenvalue weighted by molar-refractivity contribution is 14.1.